The first kappa shape index (κ1) is 25.6. The monoisotopic (exact) mass is 490 g/mol. The van der Waals surface area contributed by atoms with E-state index in [4.69, 9.17) is 23.7 Å². The largest absolute Gasteiger partial charge is 0.472 e. The highest BCUT2D eigenvalue weighted by Gasteiger charge is 2.59. The predicted octanol–water partition coefficient (Wildman–Crippen LogP) is -3.60. The Balaban J connectivity index is 1.58. The quantitative estimate of drug-likeness (QED) is 0.199. The summed E-state index contributed by atoms with van der Waals surface area (Å²) >= 11 is 0. The zero-order valence-corrected chi connectivity index (χ0v) is 18.4. The molecule has 0 unspecified atom stereocenters. The SMILES string of the molecule is CC1=CC(=O)[C@]2(O[C@H]3O[C@H](C)[C@@H](O)[C@H](O)[C@@H]3O)C=CO[C@@H](O[C@@H]3O[C@H](CO)[C@@H](O)[C@H](O)[C@H]3O)[C@H]12. The maximum Gasteiger partial charge on any atom is 0.211 e. The minimum atomic E-state index is -1.78. The topological polar surface area (TPSA) is 205 Å². The number of rotatable bonds is 5. The number of hydrogen-bond donors (Lipinski definition) is 7. The molecule has 3 heterocycles. The maximum absolute atomic E-state index is 13.0. The number of carbonyl (C=O) groups excluding carboxylic acids is 1. The normalized spacial score (nSPS) is 51.1. The summed E-state index contributed by atoms with van der Waals surface area (Å²) in [6.07, 6.45) is -12.3. The first-order chi connectivity index (χ1) is 16.0. The fraction of sp³-hybridized carbons (Fsp3) is 0.762. The second-order valence-electron chi connectivity index (χ2n) is 8.96. The summed E-state index contributed by atoms with van der Waals surface area (Å²) in [6.45, 7) is 2.42. The number of ether oxygens (including phenoxy) is 5. The minimum absolute atomic E-state index is 0.461. The number of aliphatic hydroxyl groups is 7. The van der Waals surface area contributed by atoms with Crippen molar-refractivity contribution in [1.82, 2.24) is 0 Å². The highest BCUT2D eigenvalue weighted by atomic mass is 16.8. The number of hydrogen-bond acceptors (Lipinski definition) is 13. The third-order valence-corrected chi connectivity index (χ3v) is 6.73. The van der Waals surface area contributed by atoms with E-state index in [9.17, 15) is 40.5 Å². The van der Waals surface area contributed by atoms with Gasteiger partial charge in [-0.3, -0.25) is 4.79 Å². The number of aliphatic hydroxyl groups excluding tert-OH is 7. The van der Waals surface area contributed by atoms with Crippen LogP contribution in [-0.2, 0) is 28.5 Å². The summed E-state index contributed by atoms with van der Waals surface area (Å²) in [7, 11) is 0. The second kappa shape index (κ2) is 9.52. The van der Waals surface area contributed by atoms with E-state index in [-0.39, 0.29) is 0 Å². The van der Waals surface area contributed by atoms with E-state index in [1.165, 1.54) is 19.1 Å². The molecule has 4 rings (SSSR count). The molecule has 4 aliphatic rings. The summed E-state index contributed by atoms with van der Waals surface area (Å²) in [6, 6.07) is 0. The first-order valence-corrected chi connectivity index (χ1v) is 10.9. The standard InChI is InChI=1S/C21H30O13/c1-7-5-10(23)21(34-20-17(29)14(26)12(24)8(2)31-20)3-4-30-18(11(7)21)33-19-16(28)15(27)13(25)9(6-22)32-19/h3-5,8-9,11-20,22,24-29H,6H2,1-2H3/t8-,9-,11+,12-,13-,14+,15+,16-,17+,18+,19+,20-,21-/m1/s1. The Morgan fingerprint density at radius 2 is 1.56 bits per heavy atom. The van der Waals surface area contributed by atoms with Crippen LogP contribution in [0.2, 0.25) is 0 Å². The Labute approximate surface area is 194 Å². The van der Waals surface area contributed by atoms with Crippen LogP contribution in [0.1, 0.15) is 13.8 Å². The van der Waals surface area contributed by atoms with Gasteiger partial charge in [0.2, 0.25) is 6.29 Å². The first-order valence-electron chi connectivity index (χ1n) is 10.9. The van der Waals surface area contributed by atoms with E-state index < -0.39 is 91.6 Å². The van der Waals surface area contributed by atoms with Gasteiger partial charge >= 0.3 is 0 Å². The number of ketones is 1. The molecule has 1 aliphatic carbocycles. The molecule has 0 spiro atoms. The molecule has 0 amide bonds. The van der Waals surface area contributed by atoms with Crippen LogP contribution in [0.5, 0.6) is 0 Å². The lowest BCUT2D eigenvalue weighted by Crippen LogP contribution is -2.63. The van der Waals surface area contributed by atoms with Crippen LogP contribution < -0.4 is 0 Å². The molecule has 0 aromatic carbocycles. The third kappa shape index (κ3) is 4.10. The van der Waals surface area contributed by atoms with Gasteiger partial charge in [-0.25, -0.2) is 0 Å². The molecule has 3 aliphatic heterocycles. The van der Waals surface area contributed by atoms with Gasteiger partial charge in [0.25, 0.3) is 0 Å². The van der Waals surface area contributed by atoms with Crippen molar-refractivity contribution in [1.29, 1.82) is 0 Å². The predicted molar refractivity (Wildman–Crippen MR) is 107 cm³/mol. The van der Waals surface area contributed by atoms with Crippen molar-refractivity contribution >= 4 is 5.78 Å². The Kier molecular flexibility index (Phi) is 7.17. The van der Waals surface area contributed by atoms with E-state index in [1.54, 1.807) is 6.92 Å². The molecule has 0 radical (unpaired) electrons. The molecule has 0 saturated carbocycles. The van der Waals surface area contributed by atoms with Gasteiger partial charge in [-0.15, -0.1) is 0 Å². The van der Waals surface area contributed by atoms with E-state index in [0.29, 0.717) is 5.57 Å². The molecule has 34 heavy (non-hydrogen) atoms. The molecule has 2 saturated heterocycles. The van der Waals surface area contributed by atoms with Crippen molar-refractivity contribution in [3.05, 3.63) is 24.0 Å². The molecule has 192 valence electrons. The van der Waals surface area contributed by atoms with Gasteiger partial charge in [-0.1, -0.05) is 5.57 Å². The Bertz CT molecular complexity index is 829. The summed E-state index contributed by atoms with van der Waals surface area (Å²) in [5, 5.41) is 70.2. The average molecular weight is 490 g/mol. The van der Waals surface area contributed by atoms with Crippen LogP contribution in [0.25, 0.3) is 0 Å². The summed E-state index contributed by atoms with van der Waals surface area (Å²) < 4.78 is 28.1. The molecule has 13 heteroatoms. The Hall–Kier alpha value is -1.49. The zero-order chi connectivity index (χ0) is 24.9. The van der Waals surface area contributed by atoms with Gasteiger partial charge in [0, 0.05) is 0 Å². The molecular weight excluding hydrogens is 460 g/mol. The summed E-state index contributed by atoms with van der Waals surface area (Å²) in [4.78, 5) is 13.0. The lowest BCUT2D eigenvalue weighted by Gasteiger charge is -2.46. The summed E-state index contributed by atoms with van der Waals surface area (Å²) in [5.74, 6) is -1.49. The Morgan fingerprint density at radius 1 is 0.912 bits per heavy atom. The highest BCUT2D eigenvalue weighted by molar-refractivity contribution is 6.03. The fourth-order valence-corrected chi connectivity index (χ4v) is 4.70. The molecule has 13 nitrogen and oxygen atoms in total. The molecule has 0 aromatic heterocycles. The summed E-state index contributed by atoms with van der Waals surface area (Å²) in [5.41, 5.74) is -1.32. The highest BCUT2D eigenvalue weighted by Crippen LogP contribution is 2.45. The average Bonchev–Trinajstić information content (AvgIpc) is 3.06. The van der Waals surface area contributed by atoms with E-state index in [0.717, 1.165) is 6.26 Å². The minimum Gasteiger partial charge on any atom is -0.472 e. The van der Waals surface area contributed by atoms with Gasteiger partial charge in [0.05, 0.1) is 24.9 Å². The van der Waals surface area contributed by atoms with E-state index in [1.807, 2.05) is 0 Å². The van der Waals surface area contributed by atoms with Gasteiger partial charge in [-0.2, -0.15) is 0 Å². The number of fused-ring (bicyclic) bond motifs is 1. The lowest BCUT2D eigenvalue weighted by atomic mass is 9.83. The smallest absolute Gasteiger partial charge is 0.211 e. The van der Waals surface area contributed by atoms with Crippen molar-refractivity contribution in [3.63, 3.8) is 0 Å². The van der Waals surface area contributed by atoms with Crippen LogP contribution >= 0.6 is 0 Å². The third-order valence-electron chi connectivity index (χ3n) is 6.73. The van der Waals surface area contributed by atoms with E-state index in [2.05, 4.69) is 0 Å². The molecule has 7 N–H and O–H groups in total. The molecule has 0 bridgehead atoms. The maximum atomic E-state index is 13.0. The van der Waals surface area contributed by atoms with Crippen LogP contribution in [0.15, 0.2) is 24.0 Å². The molecular formula is C21H30O13. The molecule has 13 atom stereocenters. The van der Waals surface area contributed by atoms with Crippen molar-refractivity contribution in [2.24, 2.45) is 5.92 Å². The Morgan fingerprint density at radius 3 is 2.24 bits per heavy atom. The van der Waals surface area contributed by atoms with Gasteiger partial charge in [0.1, 0.15) is 42.7 Å². The lowest BCUT2D eigenvalue weighted by molar-refractivity contribution is -0.353. The second-order valence-corrected chi connectivity index (χ2v) is 8.96. The van der Waals surface area contributed by atoms with E-state index >= 15 is 0 Å². The molecule has 2 fully saturated rings. The van der Waals surface area contributed by atoms with Crippen molar-refractivity contribution < 1.29 is 64.2 Å². The van der Waals surface area contributed by atoms with Gasteiger partial charge < -0.3 is 59.4 Å². The zero-order valence-electron chi connectivity index (χ0n) is 18.4. The van der Waals surface area contributed by atoms with Crippen LogP contribution in [0, 0.1) is 5.92 Å². The van der Waals surface area contributed by atoms with Gasteiger partial charge in [0.15, 0.2) is 24.0 Å². The van der Waals surface area contributed by atoms with Crippen LogP contribution in [-0.4, -0.2) is 121 Å². The van der Waals surface area contributed by atoms with Crippen LogP contribution in [0.3, 0.4) is 0 Å². The number of carbonyl (C=O) groups is 1. The fourth-order valence-electron chi connectivity index (χ4n) is 4.70. The molecule has 0 aromatic rings. The van der Waals surface area contributed by atoms with Crippen molar-refractivity contribution in [3.8, 4) is 0 Å². The van der Waals surface area contributed by atoms with Gasteiger partial charge in [-0.05, 0) is 26.0 Å². The van der Waals surface area contributed by atoms with Crippen molar-refractivity contribution in [2.75, 3.05) is 6.61 Å². The van der Waals surface area contributed by atoms with Crippen LogP contribution in [0.4, 0.5) is 0 Å². The van der Waals surface area contributed by atoms with Crippen molar-refractivity contribution in [2.45, 2.75) is 87.2 Å².